The molecule has 0 saturated heterocycles. The second-order valence-corrected chi connectivity index (χ2v) is 3.65. The van der Waals surface area contributed by atoms with Gasteiger partial charge in [0.15, 0.2) is 0 Å². The van der Waals surface area contributed by atoms with Gasteiger partial charge in [0.25, 0.3) is 0 Å². The molecule has 0 aromatic carbocycles. The summed E-state index contributed by atoms with van der Waals surface area (Å²) in [5.74, 6) is 0.489. The summed E-state index contributed by atoms with van der Waals surface area (Å²) in [7, 11) is 1.57. The molecule has 0 unspecified atom stereocenters. The van der Waals surface area contributed by atoms with Crippen molar-refractivity contribution in [1.82, 2.24) is 10.3 Å². The molecule has 0 saturated carbocycles. The fraction of sp³-hybridized carbons (Fsp3) is 0.385. The minimum Gasteiger partial charge on any atom is -0.481 e. The van der Waals surface area contributed by atoms with E-state index in [2.05, 4.69) is 10.3 Å². The van der Waals surface area contributed by atoms with Gasteiger partial charge in [-0.1, -0.05) is 19.1 Å². The maximum absolute atomic E-state index is 11.7. The lowest BCUT2D eigenvalue weighted by Crippen LogP contribution is -2.23. The molecule has 1 aromatic rings. The molecule has 0 aliphatic carbocycles. The van der Waals surface area contributed by atoms with Crippen LogP contribution in [0.5, 0.6) is 5.88 Å². The third-order valence-electron chi connectivity index (χ3n) is 2.35. The number of methoxy groups -OCH3 is 1. The maximum Gasteiger partial charge on any atom is 0.246 e. The number of allylic oxidation sites excluding steroid dienone is 1. The van der Waals surface area contributed by atoms with Crippen molar-refractivity contribution in [2.75, 3.05) is 7.11 Å². The van der Waals surface area contributed by atoms with Crippen LogP contribution in [-0.4, -0.2) is 18.0 Å². The van der Waals surface area contributed by atoms with E-state index in [-0.39, 0.29) is 5.91 Å². The molecule has 1 N–H and O–H groups in total. The molecule has 1 aromatic heterocycles. The third kappa shape index (κ3) is 3.90. The average Bonchev–Trinajstić information content (AvgIpc) is 2.36. The molecule has 0 spiro atoms. The number of nitrogens with one attached hydrogen (secondary N) is 1. The minimum absolute atomic E-state index is 0.0576. The Kier molecular flexibility index (Phi) is 5.20. The van der Waals surface area contributed by atoms with Gasteiger partial charge in [-0.3, -0.25) is 4.79 Å². The molecule has 4 nitrogen and oxygen atoms in total. The zero-order valence-corrected chi connectivity index (χ0v) is 10.5. The predicted molar refractivity (Wildman–Crippen MR) is 66.7 cm³/mol. The first-order valence-corrected chi connectivity index (χ1v) is 5.61. The van der Waals surface area contributed by atoms with Crippen LogP contribution in [0.15, 0.2) is 30.0 Å². The van der Waals surface area contributed by atoms with Gasteiger partial charge in [0.05, 0.1) is 7.11 Å². The summed E-state index contributed by atoms with van der Waals surface area (Å²) >= 11 is 0. The van der Waals surface area contributed by atoms with Crippen LogP contribution in [-0.2, 0) is 11.3 Å². The Hall–Kier alpha value is -1.84. The van der Waals surface area contributed by atoms with Crippen LogP contribution in [0.1, 0.15) is 25.8 Å². The first-order valence-electron chi connectivity index (χ1n) is 5.61. The van der Waals surface area contributed by atoms with Gasteiger partial charge in [-0.2, -0.15) is 0 Å². The van der Waals surface area contributed by atoms with Gasteiger partial charge in [0, 0.05) is 23.9 Å². The number of nitrogens with zero attached hydrogens (tertiary/aromatic N) is 1. The second-order valence-electron chi connectivity index (χ2n) is 3.65. The first kappa shape index (κ1) is 13.2. The third-order valence-corrected chi connectivity index (χ3v) is 2.35. The summed E-state index contributed by atoms with van der Waals surface area (Å²) < 4.78 is 5.11. The topological polar surface area (TPSA) is 51.2 Å². The zero-order valence-electron chi connectivity index (χ0n) is 10.5. The van der Waals surface area contributed by atoms with E-state index in [1.807, 2.05) is 25.1 Å². The number of carbonyl (C=O) groups excluding carboxylic acids is 1. The largest absolute Gasteiger partial charge is 0.481 e. The lowest BCUT2D eigenvalue weighted by Gasteiger charge is -2.08. The first-order chi connectivity index (χ1) is 8.19. The van der Waals surface area contributed by atoms with E-state index in [0.29, 0.717) is 12.4 Å². The van der Waals surface area contributed by atoms with Crippen molar-refractivity contribution in [3.05, 3.63) is 35.5 Å². The molecule has 0 atom stereocenters. The highest BCUT2D eigenvalue weighted by Crippen LogP contribution is 2.12. The molecule has 1 rings (SSSR count). The number of ether oxygens (including phenoxy) is 1. The van der Waals surface area contributed by atoms with Crippen molar-refractivity contribution in [3.8, 4) is 5.88 Å². The lowest BCUT2D eigenvalue weighted by atomic mass is 10.2. The molecule has 0 radical (unpaired) electrons. The SMILES string of the molecule is CCC=C(C)C(=O)NCc1cccnc1OC. The van der Waals surface area contributed by atoms with E-state index in [0.717, 1.165) is 17.6 Å². The van der Waals surface area contributed by atoms with E-state index in [9.17, 15) is 4.79 Å². The molecule has 0 fully saturated rings. The molecule has 0 aliphatic heterocycles. The number of aromatic nitrogens is 1. The van der Waals surface area contributed by atoms with Gasteiger partial charge in [-0.15, -0.1) is 0 Å². The Morgan fingerprint density at radius 3 is 3.00 bits per heavy atom. The number of carbonyl (C=O) groups is 1. The quantitative estimate of drug-likeness (QED) is 0.793. The van der Waals surface area contributed by atoms with Gasteiger partial charge in [-0.05, 0) is 19.4 Å². The second kappa shape index (κ2) is 6.68. The van der Waals surface area contributed by atoms with Crippen molar-refractivity contribution in [1.29, 1.82) is 0 Å². The van der Waals surface area contributed by atoms with E-state index < -0.39 is 0 Å². The standard InChI is InChI=1S/C13H18N2O2/c1-4-6-10(2)12(16)15-9-11-7-5-8-14-13(11)17-3/h5-8H,4,9H2,1-3H3,(H,15,16). The Bertz CT molecular complexity index is 414. The highest BCUT2D eigenvalue weighted by Gasteiger charge is 2.06. The Balaban J connectivity index is 2.61. The summed E-state index contributed by atoms with van der Waals surface area (Å²) in [6.45, 7) is 4.23. The van der Waals surface area contributed by atoms with Gasteiger partial charge < -0.3 is 10.1 Å². The summed E-state index contributed by atoms with van der Waals surface area (Å²) in [5, 5.41) is 2.83. The number of pyridine rings is 1. The van der Waals surface area contributed by atoms with Crippen LogP contribution in [0, 0.1) is 0 Å². The fourth-order valence-corrected chi connectivity index (χ4v) is 1.46. The summed E-state index contributed by atoms with van der Waals surface area (Å²) in [4.78, 5) is 15.7. The van der Waals surface area contributed by atoms with Crippen molar-refractivity contribution >= 4 is 5.91 Å². The van der Waals surface area contributed by atoms with Crippen LogP contribution in [0.2, 0.25) is 0 Å². The predicted octanol–water partition coefficient (Wildman–Crippen LogP) is 2.06. The Morgan fingerprint density at radius 2 is 2.35 bits per heavy atom. The van der Waals surface area contributed by atoms with Crippen LogP contribution in [0.25, 0.3) is 0 Å². The normalized spacial score (nSPS) is 11.1. The summed E-state index contributed by atoms with van der Waals surface area (Å²) in [5.41, 5.74) is 1.60. The number of hydrogen-bond donors (Lipinski definition) is 1. The molecule has 17 heavy (non-hydrogen) atoms. The van der Waals surface area contributed by atoms with Crippen LogP contribution in [0.3, 0.4) is 0 Å². The van der Waals surface area contributed by atoms with Crippen molar-refractivity contribution in [2.45, 2.75) is 26.8 Å². The van der Waals surface area contributed by atoms with Crippen molar-refractivity contribution < 1.29 is 9.53 Å². The maximum atomic E-state index is 11.7. The lowest BCUT2D eigenvalue weighted by molar-refractivity contribution is -0.117. The average molecular weight is 234 g/mol. The van der Waals surface area contributed by atoms with Crippen molar-refractivity contribution in [3.63, 3.8) is 0 Å². The van der Waals surface area contributed by atoms with Crippen LogP contribution >= 0.6 is 0 Å². The van der Waals surface area contributed by atoms with Gasteiger partial charge in [0.1, 0.15) is 0 Å². The van der Waals surface area contributed by atoms with Crippen LogP contribution in [0.4, 0.5) is 0 Å². The number of amides is 1. The van der Waals surface area contributed by atoms with Gasteiger partial charge in [0.2, 0.25) is 11.8 Å². The Labute approximate surface area is 102 Å². The van der Waals surface area contributed by atoms with E-state index >= 15 is 0 Å². The fourth-order valence-electron chi connectivity index (χ4n) is 1.46. The van der Waals surface area contributed by atoms with E-state index in [1.54, 1.807) is 20.2 Å². The zero-order chi connectivity index (χ0) is 12.7. The summed E-state index contributed by atoms with van der Waals surface area (Å²) in [6.07, 6.45) is 4.41. The van der Waals surface area contributed by atoms with E-state index in [4.69, 9.17) is 4.74 Å². The number of rotatable bonds is 5. The highest BCUT2D eigenvalue weighted by molar-refractivity contribution is 5.92. The monoisotopic (exact) mass is 234 g/mol. The molecular weight excluding hydrogens is 216 g/mol. The number of hydrogen-bond acceptors (Lipinski definition) is 3. The van der Waals surface area contributed by atoms with E-state index in [1.165, 1.54) is 0 Å². The molecule has 1 amide bonds. The van der Waals surface area contributed by atoms with Crippen LogP contribution < -0.4 is 10.1 Å². The summed E-state index contributed by atoms with van der Waals surface area (Å²) in [6, 6.07) is 3.70. The van der Waals surface area contributed by atoms with Gasteiger partial charge >= 0.3 is 0 Å². The van der Waals surface area contributed by atoms with Gasteiger partial charge in [-0.25, -0.2) is 4.98 Å². The highest BCUT2D eigenvalue weighted by atomic mass is 16.5. The minimum atomic E-state index is -0.0576. The smallest absolute Gasteiger partial charge is 0.246 e. The molecule has 4 heteroatoms. The van der Waals surface area contributed by atoms with Crippen molar-refractivity contribution in [2.24, 2.45) is 0 Å². The molecule has 92 valence electrons. The molecule has 0 aliphatic rings. The molecule has 0 bridgehead atoms. The molecular formula is C13H18N2O2. The Morgan fingerprint density at radius 1 is 1.59 bits per heavy atom. The molecule has 1 heterocycles.